The summed E-state index contributed by atoms with van der Waals surface area (Å²) in [6.45, 7) is 15.5. The molecule has 0 radical (unpaired) electrons. The summed E-state index contributed by atoms with van der Waals surface area (Å²) in [5, 5.41) is 1.59. The van der Waals surface area contributed by atoms with E-state index in [-0.39, 0.29) is 0 Å². The van der Waals surface area contributed by atoms with Gasteiger partial charge in [0.15, 0.2) is 0 Å². The zero-order valence-corrected chi connectivity index (χ0v) is 12.4. The largest absolute Gasteiger partial charge is 0.0985 e. The fraction of sp³-hybridized carbons (Fsp3) is 0.467. The quantitative estimate of drug-likeness (QED) is 0.691. The first-order valence-corrected chi connectivity index (χ1v) is 8.11. The average Bonchev–Trinajstić information content (AvgIpc) is 2.19. The highest BCUT2D eigenvalue weighted by Gasteiger charge is 2.21. The number of hydrogen-bond acceptors (Lipinski definition) is 0. The van der Waals surface area contributed by atoms with E-state index in [1.54, 1.807) is 5.19 Å². The SMILES string of the molecule is C=Cc1cc([SiH](C(C)C)C(C)C)ccc1C. The number of aryl methyl sites for hydroxylation is 1. The van der Waals surface area contributed by atoms with E-state index < -0.39 is 8.80 Å². The highest BCUT2D eigenvalue weighted by atomic mass is 28.3. The third-order valence-corrected chi connectivity index (χ3v) is 7.35. The van der Waals surface area contributed by atoms with E-state index in [4.69, 9.17) is 0 Å². The number of rotatable bonds is 4. The normalized spacial score (nSPS) is 11.5. The minimum absolute atomic E-state index is 0.820. The molecule has 0 aromatic heterocycles. The van der Waals surface area contributed by atoms with Crippen LogP contribution in [0.4, 0.5) is 0 Å². The van der Waals surface area contributed by atoms with Gasteiger partial charge in [-0.05, 0) is 29.1 Å². The van der Waals surface area contributed by atoms with Gasteiger partial charge in [-0.3, -0.25) is 0 Å². The maximum atomic E-state index is 3.90. The van der Waals surface area contributed by atoms with E-state index in [1.807, 2.05) is 6.08 Å². The minimum atomic E-state index is -0.849. The Morgan fingerprint density at radius 1 is 1.12 bits per heavy atom. The van der Waals surface area contributed by atoms with E-state index in [9.17, 15) is 0 Å². The third kappa shape index (κ3) is 2.85. The van der Waals surface area contributed by atoms with Crippen molar-refractivity contribution in [2.24, 2.45) is 0 Å². The van der Waals surface area contributed by atoms with E-state index >= 15 is 0 Å². The molecule has 0 bridgehead atoms. The fourth-order valence-electron chi connectivity index (χ4n) is 2.63. The minimum Gasteiger partial charge on any atom is -0.0985 e. The summed E-state index contributed by atoms with van der Waals surface area (Å²) in [6, 6.07) is 6.94. The Labute approximate surface area is 102 Å². The van der Waals surface area contributed by atoms with Crippen molar-refractivity contribution in [1.82, 2.24) is 0 Å². The lowest BCUT2D eigenvalue weighted by Crippen LogP contribution is -2.36. The standard InChI is InChI=1S/C15H24Si/c1-7-14-10-15(9-8-13(14)6)16(11(2)3)12(4)5/h7-12,16H,1H2,2-6H3. The van der Waals surface area contributed by atoms with Gasteiger partial charge in [0.2, 0.25) is 0 Å². The molecule has 1 aromatic carbocycles. The predicted molar refractivity (Wildman–Crippen MR) is 78.2 cm³/mol. The highest BCUT2D eigenvalue weighted by molar-refractivity contribution is 6.75. The summed E-state index contributed by atoms with van der Waals surface area (Å²) in [6.07, 6.45) is 1.98. The molecule has 16 heavy (non-hydrogen) atoms. The van der Waals surface area contributed by atoms with Crippen LogP contribution in [-0.2, 0) is 0 Å². The maximum Gasteiger partial charge on any atom is 0.0758 e. The second-order valence-corrected chi connectivity index (χ2v) is 9.72. The lowest BCUT2D eigenvalue weighted by molar-refractivity contribution is 0.951. The van der Waals surface area contributed by atoms with Crippen molar-refractivity contribution in [2.75, 3.05) is 0 Å². The third-order valence-electron chi connectivity index (χ3n) is 3.34. The van der Waals surface area contributed by atoms with Crippen LogP contribution >= 0.6 is 0 Å². The van der Waals surface area contributed by atoms with Crippen molar-refractivity contribution in [2.45, 2.75) is 45.7 Å². The molecule has 88 valence electrons. The Morgan fingerprint density at radius 3 is 2.12 bits per heavy atom. The van der Waals surface area contributed by atoms with E-state index in [0.29, 0.717) is 0 Å². The summed E-state index contributed by atoms with van der Waals surface area (Å²) in [7, 11) is -0.849. The molecular weight excluding hydrogens is 208 g/mol. The van der Waals surface area contributed by atoms with Crippen LogP contribution < -0.4 is 5.19 Å². The molecule has 0 saturated carbocycles. The van der Waals surface area contributed by atoms with Crippen molar-refractivity contribution >= 4 is 20.1 Å². The number of benzene rings is 1. The molecule has 0 aliphatic rings. The van der Waals surface area contributed by atoms with E-state index in [2.05, 4.69) is 59.4 Å². The van der Waals surface area contributed by atoms with Gasteiger partial charge in [0.05, 0.1) is 8.80 Å². The molecule has 0 amide bonds. The Morgan fingerprint density at radius 2 is 1.69 bits per heavy atom. The Kier molecular flexibility index (Phi) is 4.54. The molecule has 0 nitrogen and oxygen atoms in total. The predicted octanol–water partition coefficient (Wildman–Crippen LogP) is 3.89. The first kappa shape index (κ1) is 13.2. The van der Waals surface area contributed by atoms with Crippen molar-refractivity contribution in [1.29, 1.82) is 0 Å². The second-order valence-electron chi connectivity index (χ2n) is 5.33. The first-order valence-electron chi connectivity index (χ1n) is 6.20. The second kappa shape index (κ2) is 5.49. The van der Waals surface area contributed by atoms with Crippen molar-refractivity contribution in [3.63, 3.8) is 0 Å². The fourth-order valence-corrected chi connectivity index (χ4v) is 6.40. The summed E-state index contributed by atoms with van der Waals surface area (Å²) < 4.78 is 0. The monoisotopic (exact) mass is 232 g/mol. The maximum absolute atomic E-state index is 3.90. The summed E-state index contributed by atoms with van der Waals surface area (Å²) in [5.74, 6) is 0. The molecular formula is C15H24Si. The van der Waals surface area contributed by atoms with Gasteiger partial charge in [-0.15, -0.1) is 0 Å². The molecule has 1 rings (SSSR count). The Hall–Kier alpha value is -0.823. The molecule has 0 aliphatic heterocycles. The van der Waals surface area contributed by atoms with Crippen LogP contribution in [-0.4, -0.2) is 8.80 Å². The van der Waals surface area contributed by atoms with Crippen LogP contribution in [0.5, 0.6) is 0 Å². The molecule has 0 heterocycles. The topological polar surface area (TPSA) is 0 Å². The summed E-state index contributed by atoms with van der Waals surface area (Å²) in [5.41, 5.74) is 4.27. The number of hydrogen-bond donors (Lipinski definition) is 0. The van der Waals surface area contributed by atoms with Gasteiger partial charge in [-0.1, -0.05) is 63.7 Å². The van der Waals surface area contributed by atoms with E-state index in [1.165, 1.54) is 11.1 Å². The highest BCUT2D eigenvalue weighted by Crippen LogP contribution is 2.21. The molecule has 0 atom stereocenters. The van der Waals surface area contributed by atoms with Crippen molar-refractivity contribution in [3.8, 4) is 0 Å². The molecule has 0 aliphatic carbocycles. The zero-order valence-electron chi connectivity index (χ0n) is 11.2. The van der Waals surface area contributed by atoms with Gasteiger partial charge in [0.25, 0.3) is 0 Å². The van der Waals surface area contributed by atoms with Crippen LogP contribution in [0, 0.1) is 6.92 Å². The van der Waals surface area contributed by atoms with Gasteiger partial charge in [-0.2, -0.15) is 0 Å². The summed E-state index contributed by atoms with van der Waals surface area (Å²) in [4.78, 5) is 0. The van der Waals surface area contributed by atoms with Gasteiger partial charge in [-0.25, -0.2) is 0 Å². The molecule has 0 unspecified atom stereocenters. The van der Waals surface area contributed by atoms with Gasteiger partial charge < -0.3 is 0 Å². The van der Waals surface area contributed by atoms with Crippen molar-refractivity contribution < 1.29 is 0 Å². The lowest BCUT2D eigenvalue weighted by atomic mass is 10.1. The average molecular weight is 232 g/mol. The molecule has 0 saturated heterocycles. The van der Waals surface area contributed by atoms with Crippen LogP contribution in [0.3, 0.4) is 0 Å². The molecule has 0 spiro atoms. The Balaban J connectivity index is 3.15. The summed E-state index contributed by atoms with van der Waals surface area (Å²) >= 11 is 0. The molecule has 0 N–H and O–H groups in total. The molecule has 1 heteroatoms. The van der Waals surface area contributed by atoms with Gasteiger partial charge >= 0.3 is 0 Å². The van der Waals surface area contributed by atoms with Gasteiger partial charge in [0.1, 0.15) is 0 Å². The molecule has 1 aromatic rings. The van der Waals surface area contributed by atoms with Crippen LogP contribution in [0.1, 0.15) is 38.8 Å². The van der Waals surface area contributed by atoms with Crippen molar-refractivity contribution in [3.05, 3.63) is 35.9 Å². The smallest absolute Gasteiger partial charge is 0.0758 e. The molecule has 0 fully saturated rings. The Bertz CT molecular complexity index is 356. The van der Waals surface area contributed by atoms with Crippen LogP contribution in [0.15, 0.2) is 24.8 Å². The zero-order chi connectivity index (χ0) is 12.3. The lowest BCUT2D eigenvalue weighted by Gasteiger charge is -2.24. The van der Waals surface area contributed by atoms with E-state index in [0.717, 1.165) is 11.1 Å². The van der Waals surface area contributed by atoms with Crippen LogP contribution in [0.25, 0.3) is 6.08 Å². The van der Waals surface area contributed by atoms with Gasteiger partial charge in [0, 0.05) is 0 Å². The first-order chi connectivity index (χ1) is 7.47. The van der Waals surface area contributed by atoms with Crippen LogP contribution in [0.2, 0.25) is 11.1 Å².